The lowest BCUT2D eigenvalue weighted by molar-refractivity contribution is -0.332. The molecule has 0 saturated carbocycles. The molecule has 6 atom stereocenters. The molecule has 11 nitrogen and oxygen atoms in total. The van der Waals surface area contributed by atoms with Crippen molar-refractivity contribution in [2.24, 2.45) is 0 Å². The minimum atomic E-state index is -0.970. The predicted octanol–water partition coefficient (Wildman–Crippen LogP) is 3.27. The standard InChI is InChI=1S/C25H27ClN4O7/c1-24(2)32-10-14-16(35-24)17-18(37-25(3,4)36-17)19(34-23(31)13-8-6-5-7-9-13)22(33-14)30-12-29-15-20(26)27-11-28-21(15)30/h5-9,11-12,14,16-19,22H,10H2,1-4H3/t14?,16-,17?,18?,19?,22?/m1/s1. The number of nitrogens with zero attached hydrogens (tertiary/aromatic N) is 4. The largest absolute Gasteiger partial charge is 0.451 e. The number of ether oxygens (including phenoxy) is 6. The van der Waals surface area contributed by atoms with E-state index in [1.165, 1.54) is 12.7 Å². The molecule has 196 valence electrons. The molecule has 2 aromatic heterocycles. The zero-order valence-electron chi connectivity index (χ0n) is 20.7. The van der Waals surface area contributed by atoms with E-state index in [0.29, 0.717) is 16.7 Å². The first kappa shape index (κ1) is 24.7. The van der Waals surface area contributed by atoms with Gasteiger partial charge in [-0.2, -0.15) is 0 Å². The van der Waals surface area contributed by atoms with Crippen molar-refractivity contribution >= 4 is 28.7 Å². The van der Waals surface area contributed by atoms with E-state index in [2.05, 4.69) is 15.0 Å². The maximum atomic E-state index is 13.3. The highest BCUT2D eigenvalue weighted by Gasteiger charge is 2.60. The van der Waals surface area contributed by atoms with Crippen LogP contribution in [0.3, 0.4) is 0 Å². The van der Waals surface area contributed by atoms with E-state index in [1.54, 1.807) is 28.8 Å². The molecule has 3 aromatic rings. The number of benzene rings is 1. The molecule has 0 aliphatic carbocycles. The first-order valence-electron chi connectivity index (χ1n) is 12.0. The number of rotatable bonds is 3. The highest BCUT2D eigenvalue weighted by Crippen LogP contribution is 2.44. The number of esters is 1. The van der Waals surface area contributed by atoms with Crippen LogP contribution in [0.2, 0.25) is 5.15 Å². The van der Waals surface area contributed by atoms with Gasteiger partial charge in [-0.1, -0.05) is 29.8 Å². The molecule has 37 heavy (non-hydrogen) atoms. The number of hydrogen-bond acceptors (Lipinski definition) is 10. The molecule has 0 bridgehead atoms. The first-order valence-corrected chi connectivity index (χ1v) is 12.4. The molecule has 3 saturated heterocycles. The number of aromatic nitrogens is 4. The minimum absolute atomic E-state index is 0.193. The zero-order valence-corrected chi connectivity index (χ0v) is 21.5. The van der Waals surface area contributed by atoms with Gasteiger partial charge in [0.25, 0.3) is 0 Å². The second-order valence-corrected chi connectivity index (χ2v) is 10.5. The minimum Gasteiger partial charge on any atom is -0.451 e. The molecule has 1 aromatic carbocycles. The molecular weight excluding hydrogens is 504 g/mol. The van der Waals surface area contributed by atoms with E-state index < -0.39 is 54.3 Å². The van der Waals surface area contributed by atoms with Gasteiger partial charge < -0.3 is 28.4 Å². The first-order chi connectivity index (χ1) is 17.6. The third-order valence-corrected chi connectivity index (χ3v) is 6.91. The zero-order chi connectivity index (χ0) is 25.9. The van der Waals surface area contributed by atoms with Gasteiger partial charge in [-0.15, -0.1) is 0 Å². The van der Waals surface area contributed by atoms with E-state index >= 15 is 0 Å². The number of carbonyl (C=O) groups excluding carboxylic acids is 1. The van der Waals surface area contributed by atoms with Gasteiger partial charge >= 0.3 is 5.97 Å². The third kappa shape index (κ3) is 4.49. The fraction of sp³-hybridized carbons (Fsp3) is 0.520. The quantitative estimate of drug-likeness (QED) is 0.369. The number of imidazole rings is 1. The smallest absolute Gasteiger partial charge is 0.338 e. The van der Waals surface area contributed by atoms with Crippen LogP contribution in [-0.2, 0) is 28.4 Å². The summed E-state index contributed by atoms with van der Waals surface area (Å²) >= 11 is 6.27. The fourth-order valence-electron chi connectivity index (χ4n) is 5.08. The Labute approximate surface area is 217 Å². The van der Waals surface area contributed by atoms with Gasteiger partial charge in [0.15, 0.2) is 34.7 Å². The Balaban J connectivity index is 1.47. The van der Waals surface area contributed by atoms with Crippen LogP contribution in [0.5, 0.6) is 0 Å². The summed E-state index contributed by atoms with van der Waals surface area (Å²) < 4.78 is 39.3. The summed E-state index contributed by atoms with van der Waals surface area (Å²) in [5, 5.41) is 0.193. The molecule has 0 N–H and O–H groups in total. The van der Waals surface area contributed by atoms with Gasteiger partial charge in [0, 0.05) is 0 Å². The van der Waals surface area contributed by atoms with Crippen LogP contribution in [0.1, 0.15) is 44.3 Å². The number of halogens is 1. The summed E-state index contributed by atoms with van der Waals surface area (Å²) in [6.45, 7) is 7.51. The van der Waals surface area contributed by atoms with E-state index in [-0.39, 0.29) is 11.8 Å². The number of hydrogen-bond donors (Lipinski definition) is 0. The van der Waals surface area contributed by atoms with Crippen LogP contribution in [0.4, 0.5) is 0 Å². The van der Waals surface area contributed by atoms with E-state index in [9.17, 15) is 4.79 Å². The summed E-state index contributed by atoms with van der Waals surface area (Å²) in [5.74, 6) is -2.37. The van der Waals surface area contributed by atoms with Crippen LogP contribution in [0.25, 0.3) is 11.2 Å². The molecule has 5 unspecified atom stereocenters. The van der Waals surface area contributed by atoms with Crippen LogP contribution in [0, 0.1) is 0 Å². The van der Waals surface area contributed by atoms with Gasteiger partial charge in [0.2, 0.25) is 0 Å². The molecule has 0 amide bonds. The lowest BCUT2D eigenvalue weighted by atomic mass is 9.99. The van der Waals surface area contributed by atoms with Gasteiger partial charge in [-0.3, -0.25) is 4.57 Å². The molecule has 12 heteroatoms. The normalized spacial score (nSPS) is 32.4. The van der Waals surface area contributed by atoms with Crippen molar-refractivity contribution in [1.82, 2.24) is 19.5 Å². The maximum absolute atomic E-state index is 13.3. The van der Waals surface area contributed by atoms with Crippen molar-refractivity contribution in [3.63, 3.8) is 0 Å². The van der Waals surface area contributed by atoms with E-state index in [4.69, 9.17) is 40.0 Å². The van der Waals surface area contributed by atoms with Crippen molar-refractivity contribution in [2.75, 3.05) is 6.61 Å². The lowest BCUT2D eigenvalue weighted by Crippen LogP contribution is -2.55. The summed E-state index contributed by atoms with van der Waals surface area (Å²) in [7, 11) is 0. The van der Waals surface area contributed by atoms with Crippen molar-refractivity contribution in [3.8, 4) is 0 Å². The van der Waals surface area contributed by atoms with E-state index in [1.807, 2.05) is 33.8 Å². The molecule has 6 rings (SSSR count). The lowest BCUT2D eigenvalue weighted by Gasteiger charge is -2.42. The van der Waals surface area contributed by atoms with Crippen LogP contribution < -0.4 is 0 Å². The Morgan fingerprint density at radius 2 is 1.73 bits per heavy atom. The van der Waals surface area contributed by atoms with Crippen molar-refractivity contribution < 1.29 is 33.2 Å². The fourth-order valence-corrected chi connectivity index (χ4v) is 5.26. The molecule has 0 radical (unpaired) electrons. The predicted molar refractivity (Wildman–Crippen MR) is 129 cm³/mol. The Morgan fingerprint density at radius 3 is 2.51 bits per heavy atom. The van der Waals surface area contributed by atoms with Crippen molar-refractivity contribution in [2.45, 2.75) is 76.0 Å². The molecule has 3 fully saturated rings. The highest BCUT2D eigenvalue weighted by molar-refractivity contribution is 6.33. The second-order valence-electron chi connectivity index (χ2n) is 10.1. The molecule has 5 heterocycles. The highest BCUT2D eigenvalue weighted by atomic mass is 35.5. The topological polar surface area (TPSA) is 116 Å². The van der Waals surface area contributed by atoms with Gasteiger partial charge in [-0.05, 0) is 39.8 Å². The number of fused-ring (bicyclic) bond motifs is 4. The van der Waals surface area contributed by atoms with Gasteiger partial charge in [-0.25, -0.2) is 19.7 Å². The monoisotopic (exact) mass is 530 g/mol. The number of carbonyl (C=O) groups is 1. The van der Waals surface area contributed by atoms with Crippen molar-refractivity contribution in [1.29, 1.82) is 0 Å². The van der Waals surface area contributed by atoms with E-state index in [0.717, 1.165) is 0 Å². The summed E-state index contributed by atoms with van der Waals surface area (Å²) in [6, 6.07) is 8.72. The third-order valence-electron chi connectivity index (χ3n) is 6.63. The van der Waals surface area contributed by atoms with Crippen LogP contribution >= 0.6 is 11.6 Å². The molecule has 0 spiro atoms. The van der Waals surface area contributed by atoms with Gasteiger partial charge in [0.1, 0.15) is 36.3 Å². The average Bonchev–Trinajstić information content (AvgIpc) is 3.41. The Hall–Kier alpha value is -2.67. The summed E-state index contributed by atoms with van der Waals surface area (Å²) in [6.07, 6.45) is -1.51. The Kier molecular flexibility index (Phi) is 5.98. The van der Waals surface area contributed by atoms with Crippen LogP contribution in [0.15, 0.2) is 43.0 Å². The molecule has 3 aliphatic heterocycles. The van der Waals surface area contributed by atoms with Crippen molar-refractivity contribution in [3.05, 3.63) is 53.7 Å². The van der Waals surface area contributed by atoms with Gasteiger partial charge in [0.05, 0.1) is 18.5 Å². The Bertz CT molecular complexity index is 1320. The second kappa shape index (κ2) is 8.97. The summed E-state index contributed by atoms with van der Waals surface area (Å²) in [4.78, 5) is 26.1. The Morgan fingerprint density at radius 1 is 1.00 bits per heavy atom. The SMILES string of the molecule is CC1(C)OC2C(OC(=O)c3ccccc3)C(n3cnc4c(Cl)ncnc43)OC3COC(C)(C)O[C@H]3C2O1. The van der Waals surface area contributed by atoms with Crippen LogP contribution in [-0.4, -0.2) is 74.2 Å². The summed E-state index contributed by atoms with van der Waals surface area (Å²) in [5.41, 5.74) is 1.19. The maximum Gasteiger partial charge on any atom is 0.338 e. The molecular formula is C25H27ClN4O7. The average molecular weight is 531 g/mol. The molecule has 3 aliphatic rings.